The van der Waals surface area contributed by atoms with Gasteiger partial charge in [0.25, 0.3) is 5.56 Å². The SMILES string of the molecule is CSCCCCNc1cc(=O)n(C)c2ccccc12. The van der Waals surface area contributed by atoms with Gasteiger partial charge in [0.15, 0.2) is 0 Å². The first kappa shape index (κ1) is 14.0. The third kappa shape index (κ3) is 3.32. The molecule has 3 nitrogen and oxygen atoms in total. The average Bonchev–Trinajstić information content (AvgIpc) is 2.44. The maximum absolute atomic E-state index is 11.9. The number of nitrogens with one attached hydrogen (secondary N) is 1. The van der Waals surface area contributed by atoms with E-state index in [1.54, 1.807) is 10.6 Å². The lowest BCUT2D eigenvalue weighted by atomic mass is 10.1. The number of aryl methyl sites for hydroxylation is 1. The Balaban J connectivity index is 2.19. The van der Waals surface area contributed by atoms with Crippen molar-refractivity contribution in [3.63, 3.8) is 0 Å². The van der Waals surface area contributed by atoms with Crippen LogP contribution in [0.25, 0.3) is 10.9 Å². The number of aromatic nitrogens is 1. The summed E-state index contributed by atoms with van der Waals surface area (Å²) in [5.41, 5.74) is 1.95. The van der Waals surface area contributed by atoms with Crippen molar-refractivity contribution in [2.75, 3.05) is 23.9 Å². The second-order valence-electron chi connectivity index (χ2n) is 4.60. The molecule has 2 aromatic rings. The van der Waals surface area contributed by atoms with Crippen LogP contribution in [-0.2, 0) is 7.05 Å². The Bertz CT molecular complexity index is 607. The Morgan fingerprint density at radius 3 is 2.84 bits per heavy atom. The summed E-state index contributed by atoms with van der Waals surface area (Å²) < 4.78 is 1.69. The first-order valence-electron chi connectivity index (χ1n) is 6.55. The number of para-hydroxylation sites is 1. The third-order valence-corrected chi connectivity index (χ3v) is 3.94. The molecule has 0 aliphatic heterocycles. The number of rotatable bonds is 6. The molecule has 2 rings (SSSR count). The number of thioether (sulfide) groups is 1. The fourth-order valence-corrected chi connectivity index (χ4v) is 2.64. The molecule has 1 N–H and O–H groups in total. The van der Waals surface area contributed by atoms with Crippen molar-refractivity contribution in [3.05, 3.63) is 40.7 Å². The molecule has 0 radical (unpaired) electrons. The van der Waals surface area contributed by atoms with Crippen LogP contribution in [0.2, 0.25) is 0 Å². The highest BCUT2D eigenvalue weighted by Crippen LogP contribution is 2.20. The van der Waals surface area contributed by atoms with Gasteiger partial charge in [0, 0.05) is 30.7 Å². The highest BCUT2D eigenvalue weighted by atomic mass is 32.2. The van der Waals surface area contributed by atoms with Crippen LogP contribution in [0.3, 0.4) is 0 Å². The van der Waals surface area contributed by atoms with E-state index < -0.39 is 0 Å². The lowest BCUT2D eigenvalue weighted by Crippen LogP contribution is -2.17. The smallest absolute Gasteiger partial charge is 0.252 e. The minimum Gasteiger partial charge on any atom is -0.384 e. The summed E-state index contributed by atoms with van der Waals surface area (Å²) in [7, 11) is 1.81. The Morgan fingerprint density at radius 2 is 2.05 bits per heavy atom. The molecule has 1 heterocycles. The third-order valence-electron chi connectivity index (χ3n) is 3.24. The van der Waals surface area contributed by atoms with Crippen LogP contribution < -0.4 is 10.9 Å². The largest absolute Gasteiger partial charge is 0.384 e. The molecule has 1 aromatic heterocycles. The highest BCUT2D eigenvalue weighted by molar-refractivity contribution is 7.98. The van der Waals surface area contributed by atoms with Gasteiger partial charge in [-0.05, 0) is 30.9 Å². The number of fused-ring (bicyclic) bond motifs is 1. The van der Waals surface area contributed by atoms with Gasteiger partial charge in [-0.3, -0.25) is 4.79 Å². The predicted molar refractivity (Wildman–Crippen MR) is 85.3 cm³/mol. The zero-order valence-electron chi connectivity index (χ0n) is 11.5. The van der Waals surface area contributed by atoms with Crippen molar-refractivity contribution < 1.29 is 0 Å². The summed E-state index contributed by atoms with van der Waals surface area (Å²) >= 11 is 1.87. The number of pyridine rings is 1. The van der Waals surface area contributed by atoms with Crippen molar-refractivity contribution in [1.29, 1.82) is 0 Å². The van der Waals surface area contributed by atoms with Gasteiger partial charge < -0.3 is 9.88 Å². The zero-order valence-corrected chi connectivity index (χ0v) is 12.3. The molecule has 0 spiro atoms. The van der Waals surface area contributed by atoms with Crippen molar-refractivity contribution >= 4 is 28.4 Å². The summed E-state index contributed by atoms with van der Waals surface area (Å²) in [5.74, 6) is 1.19. The lowest BCUT2D eigenvalue weighted by molar-refractivity contribution is 0.842. The summed E-state index contributed by atoms with van der Waals surface area (Å²) in [6, 6.07) is 9.70. The van der Waals surface area contributed by atoms with Crippen molar-refractivity contribution in [1.82, 2.24) is 4.57 Å². The first-order valence-corrected chi connectivity index (χ1v) is 7.95. The Morgan fingerprint density at radius 1 is 1.26 bits per heavy atom. The van der Waals surface area contributed by atoms with E-state index in [2.05, 4.69) is 17.6 Å². The van der Waals surface area contributed by atoms with Gasteiger partial charge in [0.05, 0.1) is 5.52 Å². The van der Waals surface area contributed by atoms with Gasteiger partial charge >= 0.3 is 0 Å². The second kappa shape index (κ2) is 6.66. The van der Waals surface area contributed by atoms with E-state index >= 15 is 0 Å². The predicted octanol–water partition coefficient (Wildman–Crippen LogP) is 3.09. The quantitative estimate of drug-likeness (QED) is 0.823. The molecule has 0 unspecified atom stereocenters. The second-order valence-corrected chi connectivity index (χ2v) is 5.58. The van der Waals surface area contributed by atoms with Gasteiger partial charge in [-0.25, -0.2) is 0 Å². The Labute approximate surface area is 118 Å². The number of hydrogen-bond donors (Lipinski definition) is 1. The molecule has 0 aliphatic rings. The Hall–Kier alpha value is -1.42. The molecule has 0 saturated carbocycles. The van der Waals surface area contributed by atoms with Crippen molar-refractivity contribution in [3.8, 4) is 0 Å². The summed E-state index contributed by atoms with van der Waals surface area (Å²) in [5, 5.41) is 4.50. The molecule has 0 amide bonds. The van der Waals surface area contributed by atoms with Gasteiger partial charge in [-0.2, -0.15) is 11.8 Å². The van der Waals surface area contributed by atoms with Crippen LogP contribution in [0.1, 0.15) is 12.8 Å². The maximum Gasteiger partial charge on any atom is 0.252 e. The van der Waals surface area contributed by atoms with E-state index in [1.807, 2.05) is 37.0 Å². The van der Waals surface area contributed by atoms with Gasteiger partial charge in [0.1, 0.15) is 0 Å². The van der Waals surface area contributed by atoms with E-state index in [4.69, 9.17) is 0 Å². The van der Waals surface area contributed by atoms with E-state index in [9.17, 15) is 4.79 Å². The molecular weight excluding hydrogens is 256 g/mol. The van der Waals surface area contributed by atoms with E-state index in [0.717, 1.165) is 29.6 Å². The summed E-state index contributed by atoms with van der Waals surface area (Å²) in [6.45, 7) is 0.914. The van der Waals surface area contributed by atoms with Gasteiger partial charge in [0.2, 0.25) is 0 Å². The number of benzene rings is 1. The fraction of sp³-hybridized carbons (Fsp3) is 0.400. The van der Waals surface area contributed by atoms with Crippen LogP contribution in [0.4, 0.5) is 5.69 Å². The van der Waals surface area contributed by atoms with E-state index in [0.29, 0.717) is 0 Å². The Kier molecular flexibility index (Phi) is 4.91. The highest BCUT2D eigenvalue weighted by Gasteiger charge is 2.05. The molecule has 1 aromatic carbocycles. The number of anilines is 1. The topological polar surface area (TPSA) is 34.0 Å². The standard InChI is InChI=1S/C15H20N2OS/c1-17-14-8-4-3-7-12(14)13(11-15(17)18)16-9-5-6-10-19-2/h3-4,7-8,11,16H,5-6,9-10H2,1-2H3. The van der Waals surface area contributed by atoms with Gasteiger partial charge in [-0.15, -0.1) is 0 Å². The molecule has 4 heteroatoms. The van der Waals surface area contributed by atoms with Crippen LogP contribution in [-0.4, -0.2) is 23.1 Å². The molecule has 102 valence electrons. The molecule has 19 heavy (non-hydrogen) atoms. The lowest BCUT2D eigenvalue weighted by Gasteiger charge is -2.12. The molecule has 0 atom stereocenters. The zero-order chi connectivity index (χ0) is 13.7. The van der Waals surface area contributed by atoms with Crippen LogP contribution >= 0.6 is 11.8 Å². The summed E-state index contributed by atoms with van der Waals surface area (Å²) in [6.07, 6.45) is 4.46. The average molecular weight is 276 g/mol. The van der Waals surface area contributed by atoms with Gasteiger partial charge in [-0.1, -0.05) is 18.2 Å². The molecule has 0 bridgehead atoms. The van der Waals surface area contributed by atoms with E-state index in [-0.39, 0.29) is 5.56 Å². The molecular formula is C15H20N2OS. The first-order chi connectivity index (χ1) is 9.24. The van der Waals surface area contributed by atoms with Crippen molar-refractivity contribution in [2.45, 2.75) is 12.8 Å². The fourth-order valence-electron chi connectivity index (χ4n) is 2.15. The molecule has 0 aliphatic carbocycles. The molecule has 0 fully saturated rings. The monoisotopic (exact) mass is 276 g/mol. The van der Waals surface area contributed by atoms with Crippen molar-refractivity contribution in [2.24, 2.45) is 7.05 Å². The van der Waals surface area contributed by atoms with Crippen LogP contribution in [0, 0.1) is 0 Å². The van der Waals surface area contributed by atoms with E-state index in [1.165, 1.54) is 12.2 Å². The minimum atomic E-state index is 0.0327. The van der Waals surface area contributed by atoms with Crippen LogP contribution in [0.5, 0.6) is 0 Å². The number of unbranched alkanes of at least 4 members (excludes halogenated alkanes) is 1. The number of hydrogen-bond acceptors (Lipinski definition) is 3. The maximum atomic E-state index is 11.9. The minimum absolute atomic E-state index is 0.0327. The summed E-state index contributed by atoms with van der Waals surface area (Å²) in [4.78, 5) is 11.9. The number of nitrogens with zero attached hydrogens (tertiary/aromatic N) is 1. The normalized spacial score (nSPS) is 10.8. The van der Waals surface area contributed by atoms with Crippen LogP contribution in [0.15, 0.2) is 35.1 Å². The molecule has 0 saturated heterocycles.